The summed E-state index contributed by atoms with van der Waals surface area (Å²) < 4.78 is 0. The monoisotopic (exact) mass is 312 g/mol. The predicted octanol–water partition coefficient (Wildman–Crippen LogP) is 2.29. The molecule has 2 rings (SSSR count). The fraction of sp³-hybridized carbons (Fsp3) is 0. The second-order valence-electron chi connectivity index (χ2n) is 4.12. The van der Waals surface area contributed by atoms with Crippen molar-refractivity contribution < 1.29 is 9.59 Å². The highest BCUT2D eigenvalue weighted by atomic mass is 32.1. The van der Waals surface area contributed by atoms with Crippen LogP contribution in [0.5, 0.6) is 0 Å². The number of isocyanates is 1. The van der Waals surface area contributed by atoms with Gasteiger partial charge in [-0.25, -0.2) is 4.79 Å². The third-order valence-electron chi connectivity index (χ3n) is 2.64. The van der Waals surface area contributed by atoms with Crippen molar-refractivity contribution in [3.63, 3.8) is 0 Å². The lowest BCUT2D eigenvalue weighted by Gasteiger charge is -2.12. The molecule has 1 amide bonds. The van der Waals surface area contributed by atoms with Gasteiger partial charge >= 0.3 is 0 Å². The molecule has 0 spiro atoms. The van der Waals surface area contributed by atoms with E-state index < -0.39 is 5.91 Å². The summed E-state index contributed by atoms with van der Waals surface area (Å²) in [6.07, 6.45) is 1.41. The summed E-state index contributed by atoms with van der Waals surface area (Å²) in [4.78, 5) is 25.9. The van der Waals surface area contributed by atoms with Gasteiger partial charge in [-0.3, -0.25) is 15.6 Å². The molecule has 7 heteroatoms. The van der Waals surface area contributed by atoms with Gasteiger partial charge in [-0.2, -0.15) is 4.99 Å². The first kappa shape index (κ1) is 15.4. The number of hydrogen-bond donors (Lipinski definition) is 3. The molecular formula is C15H12N4O2S. The van der Waals surface area contributed by atoms with E-state index >= 15 is 0 Å². The number of aliphatic imine (C=N–C) groups is 1. The zero-order valence-corrected chi connectivity index (χ0v) is 12.2. The summed E-state index contributed by atoms with van der Waals surface area (Å²) >= 11 is 5.07. The van der Waals surface area contributed by atoms with Gasteiger partial charge in [0.2, 0.25) is 6.08 Å². The van der Waals surface area contributed by atoms with Crippen LogP contribution in [0.2, 0.25) is 0 Å². The number of nitrogens with one attached hydrogen (secondary N) is 3. The Morgan fingerprint density at radius 3 is 2.41 bits per heavy atom. The van der Waals surface area contributed by atoms with Crippen molar-refractivity contribution in [2.45, 2.75) is 0 Å². The normalized spacial score (nSPS) is 9.27. The molecule has 0 unspecified atom stereocenters. The van der Waals surface area contributed by atoms with Crippen LogP contribution in [-0.2, 0) is 4.79 Å². The molecule has 0 radical (unpaired) electrons. The van der Waals surface area contributed by atoms with Gasteiger partial charge in [0, 0.05) is 5.69 Å². The van der Waals surface area contributed by atoms with Gasteiger partial charge in [0.05, 0.1) is 11.3 Å². The van der Waals surface area contributed by atoms with Crippen molar-refractivity contribution in [2.24, 2.45) is 4.99 Å². The number of para-hydroxylation sites is 2. The van der Waals surface area contributed by atoms with Crippen LogP contribution in [0.3, 0.4) is 0 Å². The highest BCUT2D eigenvalue weighted by molar-refractivity contribution is 7.80. The molecule has 110 valence electrons. The minimum Gasteiger partial charge on any atom is -0.331 e. The van der Waals surface area contributed by atoms with Crippen LogP contribution >= 0.6 is 12.2 Å². The quantitative estimate of drug-likeness (QED) is 0.350. The summed E-state index contributed by atoms with van der Waals surface area (Å²) in [5.41, 5.74) is 6.28. The first-order chi connectivity index (χ1) is 10.7. The third-order valence-corrected chi connectivity index (χ3v) is 2.84. The molecule has 0 aliphatic rings. The topological polar surface area (TPSA) is 82.6 Å². The van der Waals surface area contributed by atoms with Crippen molar-refractivity contribution in [1.82, 2.24) is 10.9 Å². The van der Waals surface area contributed by atoms with E-state index in [1.165, 1.54) is 6.08 Å². The van der Waals surface area contributed by atoms with Crippen molar-refractivity contribution in [1.29, 1.82) is 0 Å². The molecule has 0 saturated carbocycles. The molecule has 0 atom stereocenters. The summed E-state index contributed by atoms with van der Waals surface area (Å²) in [5.74, 6) is -0.466. The van der Waals surface area contributed by atoms with Gasteiger partial charge in [-0.05, 0) is 36.5 Å². The van der Waals surface area contributed by atoms with Crippen LogP contribution in [0.1, 0.15) is 10.4 Å². The molecule has 3 N–H and O–H groups in total. The first-order valence-corrected chi connectivity index (χ1v) is 6.71. The number of benzene rings is 2. The number of carbonyl (C=O) groups excluding carboxylic acids is 2. The second-order valence-corrected chi connectivity index (χ2v) is 4.53. The van der Waals surface area contributed by atoms with Crippen molar-refractivity contribution in [3.05, 3.63) is 60.2 Å². The van der Waals surface area contributed by atoms with E-state index in [-0.39, 0.29) is 16.4 Å². The molecule has 0 aliphatic carbocycles. The van der Waals surface area contributed by atoms with Crippen LogP contribution in [0.4, 0.5) is 11.4 Å². The Bertz CT molecular complexity index is 727. The van der Waals surface area contributed by atoms with Crippen LogP contribution in [0.25, 0.3) is 0 Å². The minimum absolute atomic E-state index is 0.232. The number of carbonyl (C=O) groups is 1. The van der Waals surface area contributed by atoms with Gasteiger partial charge < -0.3 is 5.32 Å². The van der Waals surface area contributed by atoms with Crippen molar-refractivity contribution in [3.8, 4) is 0 Å². The number of rotatable bonds is 3. The summed E-state index contributed by atoms with van der Waals surface area (Å²) in [7, 11) is 0. The minimum atomic E-state index is -0.466. The molecule has 22 heavy (non-hydrogen) atoms. The number of hydrazine groups is 1. The highest BCUT2D eigenvalue weighted by Crippen LogP contribution is 2.17. The maximum atomic E-state index is 12.0. The van der Waals surface area contributed by atoms with Gasteiger partial charge in [0.1, 0.15) is 0 Å². The van der Waals surface area contributed by atoms with Crippen molar-refractivity contribution in [2.75, 3.05) is 5.32 Å². The van der Waals surface area contributed by atoms with Gasteiger partial charge in [-0.15, -0.1) is 0 Å². The van der Waals surface area contributed by atoms with E-state index in [0.29, 0.717) is 0 Å². The smallest absolute Gasteiger partial charge is 0.271 e. The maximum absolute atomic E-state index is 12.0. The van der Waals surface area contributed by atoms with E-state index in [2.05, 4.69) is 21.2 Å². The molecule has 2 aromatic rings. The summed E-state index contributed by atoms with van der Waals surface area (Å²) in [6, 6.07) is 15.7. The average molecular weight is 312 g/mol. The number of amides is 1. The van der Waals surface area contributed by atoms with Gasteiger partial charge in [0.25, 0.3) is 5.91 Å². The average Bonchev–Trinajstić information content (AvgIpc) is 2.54. The molecule has 0 heterocycles. The Kier molecular flexibility index (Phi) is 5.37. The lowest BCUT2D eigenvalue weighted by atomic mass is 10.2. The largest absolute Gasteiger partial charge is 0.331 e. The summed E-state index contributed by atoms with van der Waals surface area (Å²) in [6.45, 7) is 0. The van der Waals surface area contributed by atoms with E-state index in [1.807, 2.05) is 30.3 Å². The Morgan fingerprint density at radius 1 is 1.00 bits per heavy atom. The third kappa shape index (κ3) is 4.24. The van der Waals surface area contributed by atoms with Gasteiger partial charge in [0.15, 0.2) is 5.11 Å². The summed E-state index contributed by atoms with van der Waals surface area (Å²) in [5, 5.41) is 3.14. The molecule has 0 bridgehead atoms. The molecular weight excluding hydrogens is 300 g/mol. The zero-order chi connectivity index (χ0) is 15.8. The first-order valence-electron chi connectivity index (χ1n) is 6.30. The van der Waals surface area contributed by atoms with Crippen LogP contribution in [0.15, 0.2) is 59.6 Å². The highest BCUT2D eigenvalue weighted by Gasteiger charge is 2.10. The molecule has 0 saturated heterocycles. The maximum Gasteiger partial charge on any atom is 0.271 e. The second kappa shape index (κ2) is 7.68. The molecule has 0 aliphatic heterocycles. The van der Waals surface area contributed by atoms with E-state index in [0.717, 1.165) is 5.69 Å². The van der Waals surface area contributed by atoms with Crippen LogP contribution in [-0.4, -0.2) is 17.1 Å². The number of nitrogens with zero attached hydrogens (tertiary/aromatic N) is 1. The predicted molar refractivity (Wildman–Crippen MR) is 87.5 cm³/mol. The lowest BCUT2D eigenvalue weighted by Crippen LogP contribution is -2.43. The molecule has 0 fully saturated rings. The number of thiocarbonyl (C=S) groups is 1. The Morgan fingerprint density at radius 2 is 1.68 bits per heavy atom. The molecule has 6 nitrogen and oxygen atoms in total. The fourth-order valence-corrected chi connectivity index (χ4v) is 1.85. The molecule has 0 aromatic heterocycles. The van der Waals surface area contributed by atoms with E-state index in [9.17, 15) is 9.59 Å². The van der Waals surface area contributed by atoms with E-state index in [1.54, 1.807) is 24.3 Å². The lowest BCUT2D eigenvalue weighted by molar-refractivity contribution is 0.0945. The van der Waals surface area contributed by atoms with Crippen LogP contribution < -0.4 is 16.2 Å². The van der Waals surface area contributed by atoms with Crippen LogP contribution in [0, 0.1) is 0 Å². The zero-order valence-electron chi connectivity index (χ0n) is 11.4. The Hall–Kier alpha value is -3.02. The Balaban J connectivity index is 1.95. The SMILES string of the molecule is O=C=Nc1ccccc1C(=O)NNC(=S)Nc1ccccc1. The number of anilines is 1. The fourth-order valence-electron chi connectivity index (χ4n) is 1.68. The van der Waals surface area contributed by atoms with Crippen molar-refractivity contribution >= 4 is 40.7 Å². The van der Waals surface area contributed by atoms with Gasteiger partial charge in [-0.1, -0.05) is 30.3 Å². The number of hydrogen-bond acceptors (Lipinski definition) is 4. The van der Waals surface area contributed by atoms with E-state index in [4.69, 9.17) is 12.2 Å². The Labute approximate surface area is 132 Å². The standard InChI is InChI=1S/C15H12N4O2S/c20-10-16-13-9-5-4-8-12(13)14(21)18-19-15(22)17-11-6-2-1-3-7-11/h1-9H,(H,18,21)(H2,17,19,22). The molecule has 2 aromatic carbocycles.